The number of nitrogens with zero attached hydrogens (tertiary/aromatic N) is 1. The summed E-state index contributed by atoms with van der Waals surface area (Å²) in [6, 6.07) is 10.2. The van der Waals surface area contributed by atoms with Gasteiger partial charge in [0.05, 0.1) is 5.70 Å². The second kappa shape index (κ2) is 3.92. The van der Waals surface area contributed by atoms with Gasteiger partial charge in [0.25, 0.3) is 0 Å². The third kappa shape index (κ3) is 1.56. The smallest absolute Gasteiger partial charge is 0.135 e. The third-order valence-corrected chi connectivity index (χ3v) is 3.71. The van der Waals surface area contributed by atoms with Crippen LogP contribution in [0.2, 0.25) is 0 Å². The van der Waals surface area contributed by atoms with E-state index < -0.39 is 5.54 Å². The van der Waals surface area contributed by atoms with E-state index in [9.17, 15) is 0 Å². The number of hydrogen-bond acceptors (Lipinski definition) is 4. The molecule has 0 amide bonds. The Kier molecular flexibility index (Phi) is 2.78. The van der Waals surface area contributed by atoms with Crippen LogP contribution in [-0.2, 0) is 5.54 Å². The highest BCUT2D eigenvalue weighted by Gasteiger charge is 2.51. The minimum atomic E-state index is -0.465. The molecular weight excluding hydrogens is 224 g/mol. The van der Waals surface area contributed by atoms with Crippen LogP contribution in [0.15, 0.2) is 41.8 Å². The average molecular weight is 246 g/mol. The molecule has 0 saturated carbocycles. The zero-order chi connectivity index (χ0) is 13.6. The van der Waals surface area contributed by atoms with E-state index in [1.165, 1.54) is 0 Å². The Bertz CT molecular complexity index is 472. The van der Waals surface area contributed by atoms with Crippen molar-refractivity contribution < 1.29 is 0 Å². The van der Waals surface area contributed by atoms with Crippen LogP contribution in [0.1, 0.15) is 26.3 Å². The summed E-state index contributed by atoms with van der Waals surface area (Å²) in [6.07, 6.45) is 0. The minimum absolute atomic E-state index is 0.103. The Morgan fingerprint density at radius 3 is 2.06 bits per heavy atom. The number of nitrogens with one attached hydrogen (secondary N) is 1. The molecule has 4 heteroatoms. The molecule has 1 aliphatic rings. The normalized spacial score (nSPS) is 24.8. The van der Waals surface area contributed by atoms with Crippen LogP contribution in [0.4, 0.5) is 0 Å². The van der Waals surface area contributed by atoms with Gasteiger partial charge in [-0.3, -0.25) is 5.01 Å². The van der Waals surface area contributed by atoms with Crippen molar-refractivity contribution in [1.82, 2.24) is 10.4 Å². The summed E-state index contributed by atoms with van der Waals surface area (Å²) >= 11 is 0. The van der Waals surface area contributed by atoms with E-state index in [-0.39, 0.29) is 5.41 Å². The lowest BCUT2D eigenvalue weighted by atomic mass is 9.68. The van der Waals surface area contributed by atoms with Gasteiger partial charge in [-0.1, -0.05) is 51.1 Å². The highest BCUT2D eigenvalue weighted by molar-refractivity contribution is 5.40. The van der Waals surface area contributed by atoms with Crippen molar-refractivity contribution in [1.29, 1.82) is 0 Å². The van der Waals surface area contributed by atoms with Gasteiger partial charge in [-0.05, 0) is 11.0 Å². The van der Waals surface area contributed by atoms with Crippen molar-refractivity contribution in [2.75, 3.05) is 7.05 Å². The maximum Gasteiger partial charge on any atom is 0.135 e. The molecule has 1 heterocycles. The average Bonchev–Trinajstić information content (AvgIpc) is 2.55. The van der Waals surface area contributed by atoms with Crippen LogP contribution < -0.4 is 16.9 Å². The van der Waals surface area contributed by atoms with Crippen molar-refractivity contribution in [3.05, 3.63) is 47.4 Å². The Balaban J connectivity index is 2.66. The standard InChI is InChI=1S/C14H22N4/c1-13(2,3)14(10-8-6-5-7-9-10)11(15)12(16)18(4)17-14/h5-9,17H,15-16H2,1-4H3. The van der Waals surface area contributed by atoms with E-state index in [0.717, 1.165) is 5.56 Å². The molecule has 2 rings (SSSR count). The molecule has 0 spiro atoms. The Labute approximate surface area is 109 Å². The molecule has 0 aromatic heterocycles. The molecule has 98 valence electrons. The van der Waals surface area contributed by atoms with E-state index in [0.29, 0.717) is 11.5 Å². The highest BCUT2D eigenvalue weighted by atomic mass is 15.6. The summed E-state index contributed by atoms with van der Waals surface area (Å²) in [7, 11) is 1.89. The second-order valence-corrected chi connectivity index (χ2v) is 5.84. The molecule has 1 aromatic rings. The van der Waals surface area contributed by atoms with Crippen molar-refractivity contribution >= 4 is 0 Å². The van der Waals surface area contributed by atoms with Gasteiger partial charge in [-0.15, -0.1) is 0 Å². The Morgan fingerprint density at radius 2 is 1.67 bits per heavy atom. The summed E-state index contributed by atoms with van der Waals surface area (Å²) in [4.78, 5) is 0. The van der Waals surface area contributed by atoms with E-state index in [1.807, 2.05) is 25.2 Å². The van der Waals surface area contributed by atoms with Crippen molar-refractivity contribution in [3.8, 4) is 0 Å². The number of hydrogen-bond donors (Lipinski definition) is 3. The van der Waals surface area contributed by atoms with E-state index in [4.69, 9.17) is 11.5 Å². The van der Waals surface area contributed by atoms with Gasteiger partial charge in [0.15, 0.2) is 0 Å². The molecule has 1 aliphatic heterocycles. The molecule has 0 radical (unpaired) electrons. The Hall–Kier alpha value is -1.68. The number of nitrogens with two attached hydrogens (primary N) is 2. The largest absolute Gasteiger partial charge is 0.397 e. The van der Waals surface area contributed by atoms with E-state index in [2.05, 4.69) is 38.3 Å². The van der Waals surface area contributed by atoms with Crippen molar-refractivity contribution in [2.24, 2.45) is 16.9 Å². The molecule has 1 unspecified atom stereocenters. The number of rotatable bonds is 1. The van der Waals surface area contributed by atoms with Gasteiger partial charge < -0.3 is 11.5 Å². The monoisotopic (exact) mass is 246 g/mol. The van der Waals surface area contributed by atoms with Crippen LogP contribution >= 0.6 is 0 Å². The fraction of sp³-hybridized carbons (Fsp3) is 0.429. The molecule has 0 fully saturated rings. The topological polar surface area (TPSA) is 67.3 Å². The SMILES string of the molecule is CN1NC(c2ccccc2)(C(C)(C)C)C(N)=C1N. The van der Waals surface area contributed by atoms with Crippen LogP contribution in [0, 0.1) is 5.41 Å². The van der Waals surface area contributed by atoms with Crippen LogP contribution in [0.3, 0.4) is 0 Å². The van der Waals surface area contributed by atoms with Crippen molar-refractivity contribution in [2.45, 2.75) is 26.3 Å². The molecule has 0 aliphatic carbocycles. The molecule has 1 aromatic carbocycles. The first-order valence-corrected chi connectivity index (χ1v) is 6.13. The predicted molar refractivity (Wildman–Crippen MR) is 73.9 cm³/mol. The van der Waals surface area contributed by atoms with Gasteiger partial charge in [0.1, 0.15) is 11.4 Å². The molecule has 1 atom stereocenters. The third-order valence-electron chi connectivity index (χ3n) is 3.71. The molecular formula is C14H22N4. The lowest BCUT2D eigenvalue weighted by Gasteiger charge is -2.43. The molecule has 5 N–H and O–H groups in total. The van der Waals surface area contributed by atoms with Gasteiger partial charge in [0, 0.05) is 7.05 Å². The van der Waals surface area contributed by atoms with Gasteiger partial charge in [0.2, 0.25) is 0 Å². The minimum Gasteiger partial charge on any atom is -0.397 e. The fourth-order valence-electron chi connectivity index (χ4n) is 2.66. The fourth-order valence-corrected chi connectivity index (χ4v) is 2.66. The van der Waals surface area contributed by atoms with Crippen molar-refractivity contribution in [3.63, 3.8) is 0 Å². The summed E-state index contributed by atoms with van der Waals surface area (Å²) in [5, 5.41) is 1.80. The van der Waals surface area contributed by atoms with E-state index >= 15 is 0 Å². The molecule has 18 heavy (non-hydrogen) atoms. The number of benzene rings is 1. The first-order chi connectivity index (χ1) is 8.30. The summed E-state index contributed by atoms with van der Waals surface area (Å²) in [5.41, 5.74) is 17.0. The Morgan fingerprint density at radius 1 is 1.11 bits per heavy atom. The maximum absolute atomic E-state index is 6.32. The predicted octanol–water partition coefficient (Wildman–Crippen LogP) is 1.46. The number of hydrazine groups is 1. The zero-order valence-electron chi connectivity index (χ0n) is 11.5. The van der Waals surface area contributed by atoms with Gasteiger partial charge in [-0.25, -0.2) is 5.43 Å². The van der Waals surface area contributed by atoms with Gasteiger partial charge in [-0.2, -0.15) is 0 Å². The van der Waals surface area contributed by atoms with Crippen LogP contribution in [0.25, 0.3) is 0 Å². The van der Waals surface area contributed by atoms with E-state index in [1.54, 1.807) is 5.01 Å². The van der Waals surface area contributed by atoms with Crippen LogP contribution in [-0.4, -0.2) is 12.1 Å². The summed E-state index contributed by atoms with van der Waals surface area (Å²) in [6.45, 7) is 6.48. The lowest BCUT2D eigenvalue weighted by Crippen LogP contribution is -2.54. The maximum atomic E-state index is 6.32. The summed E-state index contributed by atoms with van der Waals surface area (Å²) < 4.78 is 0. The quantitative estimate of drug-likeness (QED) is 0.702. The lowest BCUT2D eigenvalue weighted by molar-refractivity contribution is 0.119. The van der Waals surface area contributed by atoms with Gasteiger partial charge >= 0.3 is 0 Å². The summed E-state index contributed by atoms with van der Waals surface area (Å²) in [5.74, 6) is 0.591. The molecule has 0 bridgehead atoms. The zero-order valence-corrected chi connectivity index (χ0v) is 11.5. The molecule has 4 nitrogen and oxygen atoms in total. The van der Waals surface area contributed by atoms with Crippen LogP contribution in [0.5, 0.6) is 0 Å². The molecule has 0 saturated heterocycles. The first kappa shape index (κ1) is 12.8. The second-order valence-electron chi connectivity index (χ2n) is 5.84. The first-order valence-electron chi connectivity index (χ1n) is 6.13. The highest BCUT2D eigenvalue weighted by Crippen LogP contribution is 2.46.